The third-order valence-corrected chi connectivity index (χ3v) is 3.76. The van der Waals surface area contributed by atoms with Crippen molar-refractivity contribution >= 4 is 6.09 Å². The van der Waals surface area contributed by atoms with Crippen LogP contribution in [0.25, 0.3) is 0 Å². The summed E-state index contributed by atoms with van der Waals surface area (Å²) in [5, 5.41) is 0. The van der Waals surface area contributed by atoms with E-state index in [1.807, 2.05) is 0 Å². The minimum Gasteiger partial charge on any atom is -0.449 e. The van der Waals surface area contributed by atoms with E-state index >= 15 is 0 Å². The number of nitrogens with zero attached hydrogens (tertiary/aromatic N) is 1. The Morgan fingerprint density at radius 3 is 2.10 bits per heavy atom. The van der Waals surface area contributed by atoms with Gasteiger partial charge in [-0.2, -0.15) is 0 Å². The highest BCUT2D eigenvalue weighted by Crippen LogP contribution is 2.22. The van der Waals surface area contributed by atoms with Crippen molar-refractivity contribution in [1.29, 1.82) is 0 Å². The van der Waals surface area contributed by atoms with Gasteiger partial charge in [-0.25, -0.2) is 4.79 Å². The maximum atomic E-state index is 11.2. The van der Waals surface area contributed by atoms with E-state index in [-0.39, 0.29) is 6.09 Å². The van der Waals surface area contributed by atoms with Crippen LogP contribution >= 0.6 is 0 Å². The molecule has 0 heterocycles. The van der Waals surface area contributed by atoms with Crippen LogP contribution in [-0.2, 0) is 4.74 Å². The van der Waals surface area contributed by atoms with Crippen molar-refractivity contribution in [2.45, 2.75) is 78.1 Å². The van der Waals surface area contributed by atoms with Gasteiger partial charge < -0.3 is 9.64 Å². The normalized spacial score (nSPS) is 12.2. The molecule has 120 valence electrons. The second kappa shape index (κ2) is 13.3. The van der Waals surface area contributed by atoms with Gasteiger partial charge in [0.05, 0.1) is 6.61 Å². The van der Waals surface area contributed by atoms with E-state index in [9.17, 15) is 4.79 Å². The molecule has 0 spiro atoms. The largest absolute Gasteiger partial charge is 0.449 e. The SMILES string of the molecule is CCCCCCC(CCC)CCCCOC(=O)N(C)C. The summed E-state index contributed by atoms with van der Waals surface area (Å²) in [5.41, 5.74) is 0. The van der Waals surface area contributed by atoms with Crippen LogP contribution in [0.2, 0.25) is 0 Å². The molecule has 1 amide bonds. The van der Waals surface area contributed by atoms with Crippen molar-refractivity contribution in [3.05, 3.63) is 0 Å². The number of ether oxygens (including phenoxy) is 1. The Kier molecular flexibility index (Phi) is 12.8. The van der Waals surface area contributed by atoms with Crippen molar-refractivity contribution in [2.24, 2.45) is 5.92 Å². The third kappa shape index (κ3) is 11.1. The fourth-order valence-electron chi connectivity index (χ4n) is 2.52. The molecule has 20 heavy (non-hydrogen) atoms. The Bertz CT molecular complexity index is 229. The number of carbonyl (C=O) groups is 1. The van der Waals surface area contributed by atoms with Gasteiger partial charge in [0, 0.05) is 14.1 Å². The molecular formula is C17H35NO2. The zero-order valence-electron chi connectivity index (χ0n) is 14.1. The number of hydrogen-bond donors (Lipinski definition) is 0. The first-order valence-electron chi connectivity index (χ1n) is 8.45. The zero-order chi connectivity index (χ0) is 15.2. The maximum absolute atomic E-state index is 11.2. The highest BCUT2D eigenvalue weighted by Gasteiger charge is 2.08. The van der Waals surface area contributed by atoms with Gasteiger partial charge in [0.25, 0.3) is 0 Å². The molecule has 0 aromatic rings. The van der Waals surface area contributed by atoms with Crippen LogP contribution in [0.15, 0.2) is 0 Å². The molecule has 0 aromatic carbocycles. The van der Waals surface area contributed by atoms with Crippen molar-refractivity contribution in [3.63, 3.8) is 0 Å². The van der Waals surface area contributed by atoms with E-state index in [4.69, 9.17) is 4.74 Å². The Labute approximate surface area is 126 Å². The molecule has 0 fully saturated rings. The minimum absolute atomic E-state index is 0.227. The molecule has 0 aliphatic carbocycles. The minimum atomic E-state index is -0.227. The van der Waals surface area contributed by atoms with Crippen LogP contribution in [0.1, 0.15) is 78.1 Å². The molecule has 0 aliphatic rings. The van der Waals surface area contributed by atoms with Gasteiger partial charge in [0.15, 0.2) is 0 Å². The molecule has 0 saturated heterocycles. The number of rotatable bonds is 12. The molecule has 0 N–H and O–H groups in total. The smallest absolute Gasteiger partial charge is 0.409 e. The topological polar surface area (TPSA) is 29.5 Å². The fourth-order valence-corrected chi connectivity index (χ4v) is 2.52. The molecule has 0 aliphatic heterocycles. The van der Waals surface area contributed by atoms with Gasteiger partial charge in [0.2, 0.25) is 0 Å². The summed E-state index contributed by atoms with van der Waals surface area (Å²) in [5.74, 6) is 0.876. The predicted octanol–water partition coefficient (Wildman–Crippen LogP) is 5.24. The van der Waals surface area contributed by atoms with Crippen LogP contribution in [0.5, 0.6) is 0 Å². The van der Waals surface area contributed by atoms with Gasteiger partial charge in [-0.3, -0.25) is 0 Å². The number of hydrogen-bond acceptors (Lipinski definition) is 2. The molecule has 0 rings (SSSR count). The second-order valence-corrected chi connectivity index (χ2v) is 6.01. The van der Waals surface area contributed by atoms with E-state index in [0.29, 0.717) is 6.61 Å². The molecule has 1 atom stereocenters. The van der Waals surface area contributed by atoms with Gasteiger partial charge in [-0.1, -0.05) is 65.2 Å². The molecule has 0 bridgehead atoms. The van der Waals surface area contributed by atoms with E-state index in [1.54, 1.807) is 14.1 Å². The van der Waals surface area contributed by atoms with Crippen molar-refractivity contribution < 1.29 is 9.53 Å². The molecular weight excluding hydrogens is 250 g/mol. The molecule has 3 nitrogen and oxygen atoms in total. The summed E-state index contributed by atoms with van der Waals surface area (Å²) in [4.78, 5) is 12.7. The van der Waals surface area contributed by atoms with Gasteiger partial charge in [-0.05, 0) is 18.8 Å². The number of amides is 1. The highest BCUT2D eigenvalue weighted by molar-refractivity contribution is 5.66. The van der Waals surface area contributed by atoms with Gasteiger partial charge >= 0.3 is 6.09 Å². The zero-order valence-corrected chi connectivity index (χ0v) is 14.1. The molecule has 0 radical (unpaired) electrons. The average molecular weight is 285 g/mol. The predicted molar refractivity (Wildman–Crippen MR) is 86.0 cm³/mol. The third-order valence-electron chi connectivity index (χ3n) is 3.76. The lowest BCUT2D eigenvalue weighted by Crippen LogP contribution is -2.23. The Morgan fingerprint density at radius 1 is 0.900 bits per heavy atom. The lowest BCUT2D eigenvalue weighted by atomic mass is 9.91. The summed E-state index contributed by atoms with van der Waals surface area (Å²) in [6.45, 7) is 5.10. The first kappa shape index (κ1) is 19.3. The Balaban J connectivity index is 3.61. The first-order valence-corrected chi connectivity index (χ1v) is 8.45. The number of carbonyl (C=O) groups excluding carboxylic acids is 1. The van der Waals surface area contributed by atoms with Crippen molar-refractivity contribution in [1.82, 2.24) is 4.90 Å². The van der Waals surface area contributed by atoms with E-state index in [0.717, 1.165) is 12.3 Å². The van der Waals surface area contributed by atoms with Gasteiger partial charge in [-0.15, -0.1) is 0 Å². The maximum Gasteiger partial charge on any atom is 0.409 e. The Hall–Kier alpha value is -0.730. The summed E-state index contributed by atoms with van der Waals surface area (Å²) in [6.07, 6.45) is 12.7. The molecule has 3 heteroatoms. The van der Waals surface area contributed by atoms with Crippen molar-refractivity contribution in [3.8, 4) is 0 Å². The number of unbranched alkanes of at least 4 members (excludes halogenated alkanes) is 4. The molecule has 0 aromatic heterocycles. The van der Waals surface area contributed by atoms with E-state index in [1.165, 1.54) is 62.7 Å². The lowest BCUT2D eigenvalue weighted by molar-refractivity contribution is 0.116. The first-order chi connectivity index (χ1) is 9.61. The average Bonchev–Trinajstić information content (AvgIpc) is 2.42. The van der Waals surface area contributed by atoms with Gasteiger partial charge in [0.1, 0.15) is 0 Å². The summed E-state index contributed by atoms with van der Waals surface area (Å²) < 4.78 is 5.15. The second-order valence-electron chi connectivity index (χ2n) is 6.01. The van der Waals surface area contributed by atoms with Crippen LogP contribution in [0.4, 0.5) is 4.79 Å². The lowest BCUT2D eigenvalue weighted by Gasteiger charge is -2.16. The highest BCUT2D eigenvalue weighted by atomic mass is 16.6. The van der Waals surface area contributed by atoms with Crippen LogP contribution in [0, 0.1) is 5.92 Å². The standard InChI is InChI=1S/C17H35NO2/c1-5-7-8-9-13-16(12-6-2)14-10-11-15-20-17(19)18(3)4/h16H,5-15H2,1-4H3. The quantitative estimate of drug-likeness (QED) is 0.459. The molecule has 1 unspecified atom stereocenters. The van der Waals surface area contributed by atoms with Crippen LogP contribution < -0.4 is 0 Å². The summed E-state index contributed by atoms with van der Waals surface area (Å²) in [7, 11) is 3.44. The van der Waals surface area contributed by atoms with E-state index < -0.39 is 0 Å². The van der Waals surface area contributed by atoms with E-state index in [2.05, 4.69) is 13.8 Å². The summed E-state index contributed by atoms with van der Waals surface area (Å²) >= 11 is 0. The fraction of sp³-hybridized carbons (Fsp3) is 0.941. The van der Waals surface area contributed by atoms with Crippen LogP contribution in [-0.4, -0.2) is 31.7 Å². The van der Waals surface area contributed by atoms with Crippen molar-refractivity contribution in [2.75, 3.05) is 20.7 Å². The molecule has 0 saturated carbocycles. The Morgan fingerprint density at radius 2 is 1.55 bits per heavy atom. The summed E-state index contributed by atoms with van der Waals surface area (Å²) in [6, 6.07) is 0. The monoisotopic (exact) mass is 285 g/mol. The van der Waals surface area contributed by atoms with Crippen LogP contribution in [0.3, 0.4) is 0 Å².